The molecular weight excluding hydrogens is 394 g/mol. The van der Waals surface area contributed by atoms with Crippen molar-refractivity contribution in [3.05, 3.63) is 58.4 Å². The molecule has 6 heteroatoms. The summed E-state index contributed by atoms with van der Waals surface area (Å²) in [5.74, 6) is 1.34. The van der Waals surface area contributed by atoms with Crippen LogP contribution in [0.1, 0.15) is 45.1 Å². The van der Waals surface area contributed by atoms with Gasteiger partial charge in [0.1, 0.15) is 29.1 Å². The fourth-order valence-corrected chi connectivity index (χ4v) is 3.50. The Labute approximate surface area is 183 Å². The summed E-state index contributed by atoms with van der Waals surface area (Å²) in [6, 6.07) is 10.2. The fraction of sp³-hybridized carbons (Fsp3) is 0.400. The standard InChI is InChI=1S/C25H31NO5/c1-4-6-13-26(14-7-5-2)16-21-22(27)12-11-20-24(28)23(17-30-25(20)21)31-19-10-8-9-18(15-19)29-3/h8-12,15,17,27H,4-7,13-14,16H2,1-3H3. The number of fused-ring (bicyclic) bond motifs is 1. The molecule has 166 valence electrons. The Kier molecular flexibility index (Phi) is 7.95. The summed E-state index contributed by atoms with van der Waals surface area (Å²) in [6.45, 7) is 6.73. The zero-order valence-electron chi connectivity index (χ0n) is 18.5. The predicted octanol–water partition coefficient (Wildman–Crippen LogP) is 5.70. The summed E-state index contributed by atoms with van der Waals surface area (Å²) in [5, 5.41) is 10.9. The van der Waals surface area contributed by atoms with Gasteiger partial charge in [-0.15, -0.1) is 0 Å². The van der Waals surface area contributed by atoms with Crippen molar-refractivity contribution in [1.29, 1.82) is 0 Å². The maximum absolute atomic E-state index is 13.1. The Morgan fingerprint density at radius 2 is 1.74 bits per heavy atom. The highest BCUT2D eigenvalue weighted by molar-refractivity contribution is 5.83. The van der Waals surface area contributed by atoms with E-state index in [9.17, 15) is 9.90 Å². The molecule has 0 spiro atoms. The van der Waals surface area contributed by atoms with Crippen molar-refractivity contribution < 1.29 is 19.0 Å². The number of rotatable bonds is 11. The third-order valence-corrected chi connectivity index (χ3v) is 5.29. The van der Waals surface area contributed by atoms with E-state index in [4.69, 9.17) is 13.9 Å². The average molecular weight is 426 g/mol. The van der Waals surface area contributed by atoms with E-state index in [1.165, 1.54) is 6.26 Å². The molecule has 0 aliphatic carbocycles. The van der Waals surface area contributed by atoms with E-state index in [1.807, 2.05) is 0 Å². The SMILES string of the molecule is CCCCN(CCCC)Cc1c(O)ccc2c(=O)c(Oc3cccc(OC)c3)coc12. The molecular formula is C25H31NO5. The van der Waals surface area contributed by atoms with Crippen LogP contribution in [-0.4, -0.2) is 30.2 Å². The van der Waals surface area contributed by atoms with E-state index >= 15 is 0 Å². The minimum absolute atomic E-state index is 0.0891. The first-order valence-electron chi connectivity index (χ1n) is 10.9. The van der Waals surface area contributed by atoms with Crippen LogP contribution >= 0.6 is 0 Å². The van der Waals surface area contributed by atoms with Gasteiger partial charge in [0.15, 0.2) is 0 Å². The molecule has 1 heterocycles. The summed E-state index contributed by atoms with van der Waals surface area (Å²) in [4.78, 5) is 15.4. The van der Waals surface area contributed by atoms with Gasteiger partial charge in [0.05, 0.1) is 18.1 Å². The molecule has 31 heavy (non-hydrogen) atoms. The maximum atomic E-state index is 13.1. The van der Waals surface area contributed by atoms with Crippen molar-refractivity contribution in [2.45, 2.75) is 46.1 Å². The second kappa shape index (κ2) is 10.9. The van der Waals surface area contributed by atoms with Gasteiger partial charge in [-0.25, -0.2) is 0 Å². The molecule has 1 N–H and O–H groups in total. The highest BCUT2D eigenvalue weighted by Crippen LogP contribution is 2.30. The fourth-order valence-electron chi connectivity index (χ4n) is 3.50. The molecule has 6 nitrogen and oxygen atoms in total. The molecule has 1 aromatic heterocycles. The molecule has 0 atom stereocenters. The van der Waals surface area contributed by atoms with Crippen molar-refractivity contribution in [3.63, 3.8) is 0 Å². The Hall–Kier alpha value is -2.99. The molecule has 0 bridgehead atoms. The number of unbranched alkanes of at least 4 members (excludes halogenated alkanes) is 2. The number of hydrogen-bond donors (Lipinski definition) is 1. The molecule has 0 unspecified atom stereocenters. The van der Waals surface area contributed by atoms with Crippen LogP contribution in [0.25, 0.3) is 11.0 Å². The largest absolute Gasteiger partial charge is 0.507 e. The third kappa shape index (κ3) is 5.58. The van der Waals surface area contributed by atoms with Gasteiger partial charge in [0, 0.05) is 12.6 Å². The first kappa shape index (κ1) is 22.7. The van der Waals surface area contributed by atoms with Crippen LogP contribution in [0.5, 0.6) is 23.0 Å². The van der Waals surface area contributed by atoms with Crippen molar-refractivity contribution >= 4 is 11.0 Å². The van der Waals surface area contributed by atoms with Crippen LogP contribution in [0.2, 0.25) is 0 Å². The average Bonchev–Trinajstić information content (AvgIpc) is 2.79. The number of aromatic hydroxyl groups is 1. The van der Waals surface area contributed by atoms with Crippen LogP contribution in [0, 0.1) is 0 Å². The van der Waals surface area contributed by atoms with E-state index in [0.29, 0.717) is 34.6 Å². The molecule has 3 rings (SSSR count). The predicted molar refractivity (Wildman–Crippen MR) is 122 cm³/mol. The Morgan fingerprint density at radius 3 is 2.42 bits per heavy atom. The van der Waals surface area contributed by atoms with Crippen molar-refractivity contribution in [2.24, 2.45) is 0 Å². The highest BCUT2D eigenvalue weighted by Gasteiger charge is 2.18. The Balaban J connectivity index is 1.94. The molecule has 2 aromatic carbocycles. The van der Waals surface area contributed by atoms with Gasteiger partial charge in [-0.05, 0) is 50.2 Å². The molecule has 0 radical (unpaired) electrons. The number of benzene rings is 2. The smallest absolute Gasteiger partial charge is 0.235 e. The van der Waals surface area contributed by atoms with Gasteiger partial charge in [-0.1, -0.05) is 32.8 Å². The zero-order valence-corrected chi connectivity index (χ0v) is 18.5. The van der Waals surface area contributed by atoms with E-state index in [0.717, 1.165) is 38.8 Å². The quantitative estimate of drug-likeness (QED) is 0.425. The van der Waals surface area contributed by atoms with Crippen LogP contribution in [0.15, 0.2) is 51.9 Å². The highest BCUT2D eigenvalue weighted by atomic mass is 16.5. The molecule has 0 fully saturated rings. The van der Waals surface area contributed by atoms with Crippen LogP contribution < -0.4 is 14.9 Å². The maximum Gasteiger partial charge on any atom is 0.235 e. The number of hydrogen-bond acceptors (Lipinski definition) is 6. The molecule has 0 saturated carbocycles. The van der Waals surface area contributed by atoms with Gasteiger partial charge >= 0.3 is 0 Å². The lowest BCUT2D eigenvalue weighted by atomic mass is 10.1. The van der Waals surface area contributed by atoms with Gasteiger partial charge in [0.2, 0.25) is 11.2 Å². The second-order valence-electron chi connectivity index (χ2n) is 7.63. The van der Waals surface area contributed by atoms with E-state index in [1.54, 1.807) is 43.5 Å². The number of nitrogens with zero attached hydrogens (tertiary/aromatic N) is 1. The normalized spacial score (nSPS) is 11.2. The van der Waals surface area contributed by atoms with Gasteiger partial charge in [0.25, 0.3) is 0 Å². The lowest BCUT2D eigenvalue weighted by molar-refractivity contribution is 0.253. The molecule has 0 aliphatic rings. The molecule has 0 saturated heterocycles. The second-order valence-corrected chi connectivity index (χ2v) is 7.63. The van der Waals surface area contributed by atoms with Crippen molar-refractivity contribution in [3.8, 4) is 23.0 Å². The van der Waals surface area contributed by atoms with Gasteiger partial charge < -0.3 is 19.0 Å². The number of phenolic OH excluding ortho intramolecular Hbond substituents is 1. The third-order valence-electron chi connectivity index (χ3n) is 5.29. The minimum atomic E-state index is -0.279. The lowest BCUT2D eigenvalue weighted by Crippen LogP contribution is -2.26. The Morgan fingerprint density at radius 1 is 1.03 bits per heavy atom. The van der Waals surface area contributed by atoms with Crippen molar-refractivity contribution in [1.82, 2.24) is 4.90 Å². The van der Waals surface area contributed by atoms with Gasteiger partial charge in [-0.2, -0.15) is 0 Å². The first-order chi connectivity index (χ1) is 15.1. The summed E-state index contributed by atoms with van der Waals surface area (Å²) >= 11 is 0. The summed E-state index contributed by atoms with van der Waals surface area (Å²) < 4.78 is 16.8. The van der Waals surface area contributed by atoms with Crippen molar-refractivity contribution in [2.75, 3.05) is 20.2 Å². The monoisotopic (exact) mass is 425 g/mol. The van der Waals surface area contributed by atoms with Crippen LogP contribution in [-0.2, 0) is 6.54 Å². The molecule has 0 amide bonds. The van der Waals surface area contributed by atoms with Crippen LogP contribution in [0.4, 0.5) is 0 Å². The number of methoxy groups -OCH3 is 1. The van der Waals surface area contributed by atoms with E-state index < -0.39 is 0 Å². The lowest BCUT2D eigenvalue weighted by Gasteiger charge is -2.23. The molecule has 3 aromatic rings. The first-order valence-corrected chi connectivity index (χ1v) is 10.9. The summed E-state index contributed by atoms with van der Waals surface area (Å²) in [7, 11) is 1.57. The van der Waals surface area contributed by atoms with E-state index in [-0.39, 0.29) is 16.9 Å². The summed E-state index contributed by atoms with van der Waals surface area (Å²) in [5.41, 5.74) is 0.759. The van der Waals surface area contributed by atoms with Crippen LogP contribution in [0.3, 0.4) is 0 Å². The minimum Gasteiger partial charge on any atom is -0.507 e. The zero-order chi connectivity index (χ0) is 22.2. The number of ether oxygens (including phenoxy) is 2. The molecule has 0 aliphatic heterocycles. The van der Waals surface area contributed by atoms with Gasteiger partial charge in [-0.3, -0.25) is 9.69 Å². The summed E-state index contributed by atoms with van der Waals surface area (Å²) in [6.07, 6.45) is 5.68. The Bertz CT molecular complexity index is 1050. The number of phenols is 1. The van der Waals surface area contributed by atoms with E-state index in [2.05, 4.69) is 18.7 Å². The topological polar surface area (TPSA) is 72.1 Å².